The normalized spacial score (nSPS) is 10.1. The smallest absolute Gasteiger partial charge is 0.170 e. The maximum absolute atomic E-state index is 10.7. The third-order valence-corrected chi connectivity index (χ3v) is 1.79. The molecule has 0 unspecified atom stereocenters. The molecule has 0 radical (unpaired) electrons. The highest BCUT2D eigenvalue weighted by Gasteiger charge is 2.06. The molecule has 0 N–H and O–H groups in total. The fourth-order valence-corrected chi connectivity index (χ4v) is 1.17. The standard InChI is InChI=1S/C9H8N4O/c1-7-2-3-9(8(6-14)12-7)13-10-4-5-11-13/h2-6H,1H3. The molecule has 0 aromatic carbocycles. The largest absolute Gasteiger partial charge is 0.296 e. The molecule has 2 aromatic heterocycles. The Morgan fingerprint density at radius 3 is 2.64 bits per heavy atom. The Morgan fingerprint density at radius 2 is 2.00 bits per heavy atom. The number of hydrogen-bond acceptors (Lipinski definition) is 4. The second-order valence-electron chi connectivity index (χ2n) is 2.79. The van der Waals surface area contributed by atoms with E-state index in [1.54, 1.807) is 18.5 Å². The van der Waals surface area contributed by atoms with Crippen LogP contribution < -0.4 is 0 Å². The predicted octanol–water partition coefficient (Wildman–Crippen LogP) is 0.783. The maximum atomic E-state index is 10.7. The summed E-state index contributed by atoms with van der Waals surface area (Å²) in [4.78, 5) is 16.2. The second kappa shape index (κ2) is 3.37. The number of carbonyl (C=O) groups excluding carboxylic acids is 1. The topological polar surface area (TPSA) is 60.7 Å². The van der Waals surface area contributed by atoms with Gasteiger partial charge in [-0.1, -0.05) is 0 Å². The van der Waals surface area contributed by atoms with Crippen LogP contribution in [0.4, 0.5) is 0 Å². The Morgan fingerprint density at radius 1 is 1.29 bits per heavy atom. The summed E-state index contributed by atoms with van der Waals surface area (Å²) in [5.41, 5.74) is 1.74. The number of aryl methyl sites for hydroxylation is 1. The molecule has 0 amide bonds. The van der Waals surface area contributed by atoms with Crippen LogP contribution in [0.2, 0.25) is 0 Å². The molecule has 0 saturated heterocycles. The lowest BCUT2D eigenvalue weighted by Crippen LogP contribution is -2.05. The van der Waals surface area contributed by atoms with Gasteiger partial charge in [-0.3, -0.25) is 4.79 Å². The molecule has 0 aliphatic rings. The van der Waals surface area contributed by atoms with Crippen LogP contribution in [0.25, 0.3) is 5.69 Å². The molecule has 2 rings (SSSR count). The first-order valence-corrected chi connectivity index (χ1v) is 4.11. The summed E-state index contributed by atoms with van der Waals surface area (Å²) in [6.07, 6.45) is 3.80. The molecule has 0 spiro atoms. The minimum atomic E-state index is 0.348. The van der Waals surface area contributed by atoms with E-state index >= 15 is 0 Å². The van der Waals surface area contributed by atoms with Crippen LogP contribution in [0.1, 0.15) is 16.2 Å². The van der Waals surface area contributed by atoms with Crippen molar-refractivity contribution in [2.75, 3.05) is 0 Å². The molecular formula is C9H8N4O. The van der Waals surface area contributed by atoms with Crippen LogP contribution >= 0.6 is 0 Å². The van der Waals surface area contributed by atoms with E-state index < -0.39 is 0 Å². The molecule has 5 nitrogen and oxygen atoms in total. The van der Waals surface area contributed by atoms with Gasteiger partial charge < -0.3 is 0 Å². The van der Waals surface area contributed by atoms with Crippen molar-refractivity contribution in [3.8, 4) is 5.69 Å². The van der Waals surface area contributed by atoms with E-state index in [1.807, 2.05) is 13.0 Å². The third-order valence-electron chi connectivity index (χ3n) is 1.79. The quantitative estimate of drug-likeness (QED) is 0.653. The van der Waals surface area contributed by atoms with Crippen molar-refractivity contribution in [2.45, 2.75) is 6.92 Å². The molecule has 0 atom stereocenters. The lowest BCUT2D eigenvalue weighted by Gasteiger charge is -2.02. The Kier molecular flexibility index (Phi) is 2.06. The molecule has 0 aliphatic heterocycles. The van der Waals surface area contributed by atoms with E-state index in [0.29, 0.717) is 17.7 Å². The van der Waals surface area contributed by atoms with E-state index in [-0.39, 0.29) is 0 Å². The highest BCUT2D eigenvalue weighted by molar-refractivity contribution is 5.77. The lowest BCUT2D eigenvalue weighted by molar-refractivity contribution is 0.111. The summed E-state index contributed by atoms with van der Waals surface area (Å²) in [7, 11) is 0. The lowest BCUT2D eigenvalue weighted by atomic mass is 10.3. The van der Waals surface area contributed by atoms with Gasteiger partial charge in [-0.05, 0) is 19.1 Å². The number of rotatable bonds is 2. The van der Waals surface area contributed by atoms with Crippen molar-refractivity contribution in [2.24, 2.45) is 0 Å². The highest BCUT2D eigenvalue weighted by Crippen LogP contribution is 2.08. The van der Waals surface area contributed by atoms with Gasteiger partial charge in [0.15, 0.2) is 6.29 Å². The monoisotopic (exact) mass is 188 g/mol. The molecule has 0 fully saturated rings. The summed E-state index contributed by atoms with van der Waals surface area (Å²) in [5, 5.41) is 7.86. The SMILES string of the molecule is Cc1ccc(-n2nccn2)c(C=O)n1. The number of hydrogen-bond donors (Lipinski definition) is 0. The van der Waals surface area contributed by atoms with Crippen LogP contribution in [-0.2, 0) is 0 Å². The number of aromatic nitrogens is 4. The Bertz CT molecular complexity index is 450. The summed E-state index contributed by atoms with van der Waals surface area (Å²) in [5.74, 6) is 0. The summed E-state index contributed by atoms with van der Waals surface area (Å²) in [6.45, 7) is 1.83. The number of pyridine rings is 1. The first kappa shape index (κ1) is 8.55. The van der Waals surface area contributed by atoms with Gasteiger partial charge >= 0.3 is 0 Å². The van der Waals surface area contributed by atoms with Crippen LogP contribution in [0.5, 0.6) is 0 Å². The summed E-state index contributed by atoms with van der Waals surface area (Å²) >= 11 is 0. The van der Waals surface area contributed by atoms with E-state index in [9.17, 15) is 4.79 Å². The van der Waals surface area contributed by atoms with Gasteiger partial charge in [0.1, 0.15) is 11.4 Å². The van der Waals surface area contributed by atoms with Crippen LogP contribution in [0.15, 0.2) is 24.5 Å². The van der Waals surface area contributed by atoms with Gasteiger partial charge in [-0.25, -0.2) is 4.98 Å². The van der Waals surface area contributed by atoms with E-state index in [0.717, 1.165) is 5.69 Å². The van der Waals surface area contributed by atoms with E-state index in [4.69, 9.17) is 0 Å². The summed E-state index contributed by atoms with van der Waals surface area (Å²) in [6, 6.07) is 3.58. The van der Waals surface area contributed by atoms with Crippen molar-refractivity contribution < 1.29 is 4.79 Å². The molecule has 0 saturated carbocycles. The fourth-order valence-electron chi connectivity index (χ4n) is 1.17. The minimum Gasteiger partial charge on any atom is -0.296 e. The molecule has 0 aliphatic carbocycles. The molecular weight excluding hydrogens is 180 g/mol. The van der Waals surface area contributed by atoms with Crippen molar-refractivity contribution in [3.05, 3.63) is 35.9 Å². The van der Waals surface area contributed by atoms with Crippen LogP contribution in [0.3, 0.4) is 0 Å². The fraction of sp³-hybridized carbons (Fsp3) is 0.111. The van der Waals surface area contributed by atoms with Crippen molar-refractivity contribution in [1.82, 2.24) is 20.0 Å². The molecule has 2 aromatic rings. The Labute approximate surface area is 80.4 Å². The van der Waals surface area contributed by atoms with E-state index in [1.165, 1.54) is 4.80 Å². The van der Waals surface area contributed by atoms with Crippen LogP contribution in [-0.4, -0.2) is 26.3 Å². The highest BCUT2D eigenvalue weighted by atomic mass is 16.1. The molecule has 2 heterocycles. The van der Waals surface area contributed by atoms with E-state index in [2.05, 4.69) is 15.2 Å². The number of aldehydes is 1. The predicted molar refractivity (Wildman–Crippen MR) is 49.3 cm³/mol. The molecule has 0 bridgehead atoms. The van der Waals surface area contributed by atoms with Crippen molar-refractivity contribution in [3.63, 3.8) is 0 Å². The third kappa shape index (κ3) is 1.39. The van der Waals surface area contributed by atoms with Gasteiger partial charge in [0.2, 0.25) is 0 Å². The zero-order valence-electron chi connectivity index (χ0n) is 7.58. The average molecular weight is 188 g/mol. The number of carbonyl (C=O) groups is 1. The Balaban J connectivity index is 2.58. The van der Waals surface area contributed by atoms with Crippen molar-refractivity contribution in [1.29, 1.82) is 0 Å². The first-order chi connectivity index (χ1) is 6.81. The second-order valence-corrected chi connectivity index (χ2v) is 2.79. The van der Waals surface area contributed by atoms with Crippen LogP contribution in [0, 0.1) is 6.92 Å². The number of nitrogens with zero attached hydrogens (tertiary/aromatic N) is 4. The van der Waals surface area contributed by atoms with Gasteiger partial charge in [0, 0.05) is 5.69 Å². The zero-order valence-corrected chi connectivity index (χ0v) is 7.58. The van der Waals surface area contributed by atoms with Gasteiger partial charge in [-0.2, -0.15) is 10.2 Å². The van der Waals surface area contributed by atoms with Gasteiger partial charge in [0.25, 0.3) is 0 Å². The summed E-state index contributed by atoms with van der Waals surface area (Å²) < 4.78 is 0. The molecule has 5 heteroatoms. The molecule has 70 valence electrons. The maximum Gasteiger partial charge on any atom is 0.170 e. The first-order valence-electron chi connectivity index (χ1n) is 4.11. The average Bonchev–Trinajstić information content (AvgIpc) is 2.70. The van der Waals surface area contributed by atoms with Gasteiger partial charge in [-0.15, -0.1) is 4.80 Å². The van der Waals surface area contributed by atoms with Gasteiger partial charge in [0.05, 0.1) is 12.4 Å². The molecule has 14 heavy (non-hydrogen) atoms. The van der Waals surface area contributed by atoms with Crippen molar-refractivity contribution >= 4 is 6.29 Å². The minimum absolute atomic E-state index is 0.348. The zero-order chi connectivity index (χ0) is 9.97. The Hall–Kier alpha value is -2.04.